The normalized spacial score (nSPS) is 13.7. The van der Waals surface area contributed by atoms with Crippen molar-refractivity contribution in [1.82, 2.24) is 15.1 Å². The van der Waals surface area contributed by atoms with Gasteiger partial charge < -0.3 is 10.1 Å². The van der Waals surface area contributed by atoms with E-state index in [2.05, 4.69) is 28.6 Å². The van der Waals surface area contributed by atoms with Crippen molar-refractivity contribution in [3.05, 3.63) is 52.3 Å². The van der Waals surface area contributed by atoms with Crippen molar-refractivity contribution in [3.63, 3.8) is 0 Å². The summed E-state index contributed by atoms with van der Waals surface area (Å²) in [6.45, 7) is 4.63. The first kappa shape index (κ1) is 14.8. The molecule has 5 heteroatoms. The Labute approximate surface area is 130 Å². The summed E-state index contributed by atoms with van der Waals surface area (Å²) >= 11 is 0. The first-order valence-electron chi connectivity index (χ1n) is 7.67. The number of rotatable bonds is 4. The Balaban J connectivity index is 1.84. The maximum Gasteiger partial charge on any atom is 0.341 e. The molecule has 2 aromatic rings. The van der Waals surface area contributed by atoms with Gasteiger partial charge in [0.1, 0.15) is 5.56 Å². The number of ether oxygens (including phenoxy) is 1. The van der Waals surface area contributed by atoms with Gasteiger partial charge in [0.25, 0.3) is 0 Å². The maximum atomic E-state index is 11.8. The lowest BCUT2D eigenvalue weighted by atomic mass is 9.98. The van der Waals surface area contributed by atoms with Crippen LogP contribution < -0.4 is 5.32 Å². The van der Waals surface area contributed by atoms with Gasteiger partial charge in [-0.05, 0) is 36.1 Å². The molecule has 1 aromatic heterocycles. The van der Waals surface area contributed by atoms with Crippen LogP contribution in [0.4, 0.5) is 0 Å². The van der Waals surface area contributed by atoms with Crippen LogP contribution in [0.5, 0.6) is 0 Å². The molecule has 5 nitrogen and oxygen atoms in total. The molecule has 0 fully saturated rings. The zero-order chi connectivity index (χ0) is 15.5. The molecule has 0 saturated heterocycles. The molecular formula is C17H21N3O2. The van der Waals surface area contributed by atoms with Crippen molar-refractivity contribution in [1.29, 1.82) is 0 Å². The van der Waals surface area contributed by atoms with Gasteiger partial charge in [-0.25, -0.2) is 4.79 Å². The highest BCUT2D eigenvalue weighted by atomic mass is 16.5. The second kappa shape index (κ2) is 6.32. The minimum Gasteiger partial charge on any atom is -0.465 e. The molecule has 116 valence electrons. The van der Waals surface area contributed by atoms with Gasteiger partial charge in [-0.1, -0.05) is 25.1 Å². The molecule has 1 N–H and O–H groups in total. The second-order valence-corrected chi connectivity index (χ2v) is 5.56. The third-order valence-electron chi connectivity index (χ3n) is 4.08. The fraction of sp³-hybridized carbons (Fsp3) is 0.412. The first-order chi connectivity index (χ1) is 10.7. The summed E-state index contributed by atoms with van der Waals surface area (Å²) in [7, 11) is 1.40. The van der Waals surface area contributed by atoms with Crippen molar-refractivity contribution in [2.75, 3.05) is 13.7 Å². The van der Waals surface area contributed by atoms with Crippen LogP contribution in [0, 0.1) is 0 Å². The fourth-order valence-electron chi connectivity index (χ4n) is 2.90. The smallest absolute Gasteiger partial charge is 0.341 e. The third-order valence-corrected chi connectivity index (χ3v) is 4.08. The highest BCUT2D eigenvalue weighted by Gasteiger charge is 2.16. The van der Waals surface area contributed by atoms with Gasteiger partial charge in [-0.15, -0.1) is 0 Å². The summed E-state index contributed by atoms with van der Waals surface area (Å²) in [6, 6.07) is 6.58. The fourth-order valence-corrected chi connectivity index (χ4v) is 2.90. The van der Waals surface area contributed by atoms with Crippen molar-refractivity contribution in [2.45, 2.75) is 32.9 Å². The number of hydrogen-bond acceptors (Lipinski definition) is 4. The topological polar surface area (TPSA) is 56.2 Å². The maximum absolute atomic E-state index is 11.8. The monoisotopic (exact) mass is 299 g/mol. The van der Waals surface area contributed by atoms with E-state index in [1.54, 1.807) is 6.20 Å². The lowest BCUT2D eigenvalue weighted by Gasteiger charge is -2.17. The third kappa shape index (κ3) is 2.90. The van der Waals surface area contributed by atoms with Gasteiger partial charge in [-0.3, -0.25) is 4.68 Å². The minimum absolute atomic E-state index is 0.322. The number of nitrogens with one attached hydrogen (secondary N) is 1. The molecule has 0 bridgehead atoms. The van der Waals surface area contributed by atoms with Gasteiger partial charge >= 0.3 is 5.97 Å². The molecule has 1 aromatic carbocycles. The Bertz CT molecular complexity index is 691. The summed E-state index contributed by atoms with van der Waals surface area (Å²) in [4.78, 5) is 11.8. The van der Waals surface area contributed by atoms with Gasteiger partial charge in [0.2, 0.25) is 0 Å². The molecule has 1 aliphatic rings. The molecular weight excluding hydrogens is 278 g/mol. The van der Waals surface area contributed by atoms with Crippen LogP contribution >= 0.6 is 0 Å². The number of benzene rings is 1. The highest BCUT2D eigenvalue weighted by molar-refractivity contribution is 5.90. The van der Waals surface area contributed by atoms with E-state index < -0.39 is 0 Å². The average Bonchev–Trinajstić information content (AvgIpc) is 2.97. The van der Waals surface area contributed by atoms with Crippen molar-refractivity contribution >= 4 is 5.97 Å². The Morgan fingerprint density at radius 1 is 1.41 bits per heavy atom. The summed E-state index contributed by atoms with van der Waals surface area (Å²) in [6.07, 6.45) is 3.58. The molecule has 0 spiro atoms. The molecule has 0 unspecified atom stereocenters. The predicted molar refractivity (Wildman–Crippen MR) is 83.9 cm³/mol. The summed E-state index contributed by atoms with van der Waals surface area (Å²) in [5, 5.41) is 7.90. The van der Waals surface area contributed by atoms with Crippen LogP contribution in [0.25, 0.3) is 0 Å². The van der Waals surface area contributed by atoms with E-state index in [4.69, 9.17) is 4.74 Å². The Morgan fingerprint density at radius 2 is 2.27 bits per heavy atom. The number of carbonyl (C=O) groups is 1. The number of fused-ring (bicyclic) bond motifs is 1. The van der Waals surface area contributed by atoms with Crippen molar-refractivity contribution < 1.29 is 9.53 Å². The lowest BCUT2D eigenvalue weighted by molar-refractivity contribution is 0.0599. The number of esters is 1. The number of nitrogens with zero attached hydrogens (tertiary/aromatic N) is 2. The van der Waals surface area contributed by atoms with Crippen LogP contribution in [0.2, 0.25) is 0 Å². The van der Waals surface area contributed by atoms with Crippen LogP contribution in [-0.2, 0) is 30.7 Å². The Hall–Kier alpha value is -2.14. The Morgan fingerprint density at radius 3 is 3.05 bits per heavy atom. The molecule has 22 heavy (non-hydrogen) atoms. The molecule has 0 saturated carbocycles. The summed E-state index contributed by atoms with van der Waals surface area (Å²) < 4.78 is 6.64. The molecule has 1 aliphatic heterocycles. The highest BCUT2D eigenvalue weighted by Crippen LogP contribution is 2.17. The first-order valence-corrected chi connectivity index (χ1v) is 7.67. The van der Waals surface area contributed by atoms with E-state index in [-0.39, 0.29) is 5.97 Å². The van der Waals surface area contributed by atoms with E-state index in [1.165, 1.54) is 23.8 Å². The largest absolute Gasteiger partial charge is 0.465 e. The van der Waals surface area contributed by atoms with E-state index in [9.17, 15) is 4.79 Å². The molecule has 0 radical (unpaired) electrons. The number of aromatic nitrogens is 2. The van der Waals surface area contributed by atoms with E-state index >= 15 is 0 Å². The predicted octanol–water partition coefficient (Wildman–Crippen LogP) is 1.93. The molecule has 0 aliphatic carbocycles. The quantitative estimate of drug-likeness (QED) is 0.877. The standard InChI is InChI=1S/C17H21N3O2/c1-3-16-15(17(21)22-2)11-20(19-16)10-12-4-5-13-6-7-18-9-14(13)8-12/h4-5,8,11,18H,3,6-7,9-10H2,1-2H3. The molecule has 0 atom stereocenters. The van der Waals surface area contributed by atoms with Crippen LogP contribution in [0.15, 0.2) is 24.4 Å². The van der Waals surface area contributed by atoms with Gasteiger partial charge in [0.15, 0.2) is 0 Å². The van der Waals surface area contributed by atoms with Crippen LogP contribution in [0.3, 0.4) is 0 Å². The zero-order valence-electron chi connectivity index (χ0n) is 13.1. The minimum atomic E-state index is -0.322. The van der Waals surface area contributed by atoms with Gasteiger partial charge in [0.05, 0.1) is 19.3 Å². The van der Waals surface area contributed by atoms with E-state index in [0.29, 0.717) is 18.5 Å². The zero-order valence-corrected chi connectivity index (χ0v) is 13.1. The van der Waals surface area contributed by atoms with Crippen LogP contribution in [0.1, 0.15) is 39.7 Å². The lowest BCUT2D eigenvalue weighted by Crippen LogP contribution is -2.23. The number of aryl methyl sites for hydroxylation is 1. The van der Waals surface area contributed by atoms with Crippen LogP contribution in [-0.4, -0.2) is 29.4 Å². The molecule has 3 rings (SSSR count). The molecule has 2 heterocycles. The van der Waals surface area contributed by atoms with Gasteiger partial charge in [0, 0.05) is 12.7 Å². The van der Waals surface area contributed by atoms with E-state index in [1.807, 2.05) is 11.6 Å². The van der Waals surface area contributed by atoms with Gasteiger partial charge in [-0.2, -0.15) is 5.10 Å². The summed E-state index contributed by atoms with van der Waals surface area (Å²) in [5.41, 5.74) is 5.33. The van der Waals surface area contributed by atoms with Crippen molar-refractivity contribution in [2.24, 2.45) is 0 Å². The molecule has 0 amide bonds. The number of carbonyl (C=O) groups excluding carboxylic acids is 1. The van der Waals surface area contributed by atoms with E-state index in [0.717, 1.165) is 25.2 Å². The SMILES string of the molecule is CCc1nn(Cc2ccc3c(c2)CNCC3)cc1C(=O)OC. The number of hydrogen-bond donors (Lipinski definition) is 1. The summed E-state index contributed by atoms with van der Waals surface area (Å²) in [5.74, 6) is -0.322. The number of methoxy groups -OCH3 is 1. The second-order valence-electron chi connectivity index (χ2n) is 5.56. The average molecular weight is 299 g/mol. The van der Waals surface area contributed by atoms with Crippen molar-refractivity contribution in [3.8, 4) is 0 Å². The Kier molecular flexibility index (Phi) is 4.24.